The lowest BCUT2D eigenvalue weighted by Gasteiger charge is -1.92. The number of halogens is 3. The van der Waals surface area contributed by atoms with Gasteiger partial charge in [0.15, 0.2) is 4.47 Å². The highest BCUT2D eigenvalue weighted by molar-refractivity contribution is 7.22. The molecule has 0 atom stereocenters. The van der Waals surface area contributed by atoms with Crippen molar-refractivity contribution in [1.29, 1.82) is 0 Å². The summed E-state index contributed by atoms with van der Waals surface area (Å²) in [7, 11) is 0. The number of hydrogen-bond acceptors (Lipinski definition) is 2. The quantitative estimate of drug-likeness (QED) is 0.668. The van der Waals surface area contributed by atoms with Crippen molar-refractivity contribution >= 4 is 56.4 Å². The van der Waals surface area contributed by atoms with Crippen molar-refractivity contribution < 1.29 is 0 Å². The van der Waals surface area contributed by atoms with Crippen LogP contribution >= 0.6 is 46.1 Å². The molecule has 12 heavy (non-hydrogen) atoms. The minimum absolute atomic E-state index is 0.458. The Morgan fingerprint density at radius 3 is 2.42 bits per heavy atom. The lowest BCUT2D eigenvalue weighted by molar-refractivity contribution is 1.50. The molecule has 1 aromatic carbocycles. The normalized spacial score (nSPS) is 10.9. The van der Waals surface area contributed by atoms with E-state index in [2.05, 4.69) is 4.98 Å². The van der Waals surface area contributed by atoms with Gasteiger partial charge in [-0.3, -0.25) is 0 Å². The molecule has 1 nitrogen and oxygen atoms in total. The van der Waals surface area contributed by atoms with E-state index >= 15 is 0 Å². The number of nitrogens with zero attached hydrogens (tertiary/aromatic N) is 1. The fraction of sp³-hybridized carbons (Fsp3) is 0. The molecule has 0 aliphatic carbocycles. The van der Waals surface area contributed by atoms with Crippen molar-refractivity contribution in [2.45, 2.75) is 0 Å². The third-order valence-corrected chi connectivity index (χ3v) is 3.35. The van der Waals surface area contributed by atoms with Gasteiger partial charge < -0.3 is 0 Å². The second-order valence-corrected chi connectivity index (χ2v) is 4.57. The standard InChI is InChI=1S/C7H2Cl3NS/c8-3-1-2-4(9)6-5(3)11-7(10)12-6/h1-2H. The monoisotopic (exact) mass is 237 g/mol. The highest BCUT2D eigenvalue weighted by Gasteiger charge is 2.08. The van der Waals surface area contributed by atoms with Gasteiger partial charge in [0.25, 0.3) is 0 Å². The molecule has 0 aliphatic heterocycles. The first-order chi connectivity index (χ1) is 5.68. The zero-order valence-electron chi connectivity index (χ0n) is 5.64. The summed E-state index contributed by atoms with van der Waals surface area (Å²) in [6, 6.07) is 3.45. The van der Waals surface area contributed by atoms with Crippen molar-refractivity contribution in [1.82, 2.24) is 4.98 Å². The summed E-state index contributed by atoms with van der Waals surface area (Å²) in [4.78, 5) is 4.04. The molecular formula is C7H2Cl3NS. The van der Waals surface area contributed by atoms with Gasteiger partial charge in [-0.2, -0.15) is 0 Å². The van der Waals surface area contributed by atoms with Crippen LogP contribution in [-0.4, -0.2) is 4.98 Å². The first-order valence-corrected chi connectivity index (χ1v) is 5.03. The van der Waals surface area contributed by atoms with E-state index in [4.69, 9.17) is 34.8 Å². The van der Waals surface area contributed by atoms with Gasteiger partial charge in [0.1, 0.15) is 5.52 Å². The Balaban J connectivity index is 2.93. The van der Waals surface area contributed by atoms with Gasteiger partial charge in [-0.1, -0.05) is 34.8 Å². The Morgan fingerprint density at radius 2 is 1.75 bits per heavy atom. The summed E-state index contributed by atoms with van der Waals surface area (Å²) in [5.41, 5.74) is 0.680. The van der Waals surface area contributed by atoms with Gasteiger partial charge >= 0.3 is 0 Å². The van der Waals surface area contributed by atoms with Crippen LogP contribution in [0.5, 0.6) is 0 Å². The van der Waals surface area contributed by atoms with Crippen LogP contribution in [0, 0.1) is 0 Å². The molecule has 2 rings (SSSR count). The van der Waals surface area contributed by atoms with E-state index in [0.717, 1.165) is 4.70 Å². The van der Waals surface area contributed by atoms with Crippen LogP contribution in [0.3, 0.4) is 0 Å². The van der Waals surface area contributed by atoms with Crippen molar-refractivity contribution in [2.24, 2.45) is 0 Å². The average Bonchev–Trinajstić information content (AvgIpc) is 2.41. The third kappa shape index (κ3) is 1.29. The maximum absolute atomic E-state index is 5.90. The van der Waals surface area contributed by atoms with Crippen LogP contribution in [0.15, 0.2) is 12.1 Å². The molecule has 0 fully saturated rings. The SMILES string of the molecule is Clc1nc2c(Cl)ccc(Cl)c2s1. The maximum atomic E-state index is 5.90. The second-order valence-electron chi connectivity index (χ2n) is 2.17. The molecule has 2 aromatic rings. The van der Waals surface area contributed by atoms with Crippen LogP contribution in [0.2, 0.25) is 14.5 Å². The fourth-order valence-corrected chi connectivity index (χ4v) is 2.48. The van der Waals surface area contributed by atoms with Crippen LogP contribution in [0.1, 0.15) is 0 Å². The van der Waals surface area contributed by atoms with Crippen molar-refractivity contribution in [3.05, 3.63) is 26.6 Å². The molecule has 0 radical (unpaired) electrons. The lowest BCUT2D eigenvalue weighted by atomic mass is 10.3. The number of thiazole rings is 1. The van der Waals surface area contributed by atoms with E-state index in [9.17, 15) is 0 Å². The van der Waals surface area contributed by atoms with Gasteiger partial charge in [0, 0.05) is 0 Å². The Morgan fingerprint density at radius 1 is 1.08 bits per heavy atom. The number of aromatic nitrogens is 1. The van der Waals surface area contributed by atoms with Crippen molar-refractivity contribution in [2.75, 3.05) is 0 Å². The van der Waals surface area contributed by atoms with E-state index in [1.807, 2.05) is 0 Å². The highest BCUT2D eigenvalue weighted by Crippen LogP contribution is 2.35. The van der Waals surface area contributed by atoms with Gasteiger partial charge in [-0.25, -0.2) is 4.98 Å². The minimum Gasteiger partial charge on any atom is -0.223 e. The van der Waals surface area contributed by atoms with Crippen LogP contribution in [-0.2, 0) is 0 Å². The van der Waals surface area contributed by atoms with E-state index in [0.29, 0.717) is 20.0 Å². The molecule has 0 aliphatic rings. The smallest absolute Gasteiger partial charge is 0.184 e. The van der Waals surface area contributed by atoms with Gasteiger partial charge in [-0.15, -0.1) is 11.3 Å². The number of fused-ring (bicyclic) bond motifs is 1. The van der Waals surface area contributed by atoms with Crippen molar-refractivity contribution in [3.8, 4) is 0 Å². The molecular weight excluding hydrogens is 237 g/mol. The van der Waals surface area contributed by atoms with E-state index in [-0.39, 0.29) is 0 Å². The molecule has 0 spiro atoms. The molecule has 0 N–H and O–H groups in total. The second kappa shape index (κ2) is 3.04. The predicted octanol–water partition coefficient (Wildman–Crippen LogP) is 4.26. The Bertz CT molecular complexity index is 398. The predicted molar refractivity (Wildman–Crippen MR) is 54.7 cm³/mol. The zero-order chi connectivity index (χ0) is 8.72. The summed E-state index contributed by atoms with van der Waals surface area (Å²) in [5, 5.41) is 1.22. The molecule has 0 unspecified atom stereocenters. The molecule has 0 amide bonds. The van der Waals surface area contributed by atoms with E-state index < -0.39 is 0 Å². The Labute approximate surface area is 87.9 Å². The Kier molecular flexibility index (Phi) is 2.17. The molecule has 62 valence electrons. The third-order valence-electron chi connectivity index (χ3n) is 1.42. The molecule has 0 bridgehead atoms. The van der Waals surface area contributed by atoms with Crippen LogP contribution in [0.4, 0.5) is 0 Å². The first kappa shape index (κ1) is 8.57. The fourth-order valence-electron chi connectivity index (χ4n) is 0.919. The summed E-state index contributed by atoms with van der Waals surface area (Å²) >= 11 is 18.8. The summed E-state index contributed by atoms with van der Waals surface area (Å²) in [5.74, 6) is 0. The van der Waals surface area contributed by atoms with Gasteiger partial charge in [0.05, 0.1) is 14.7 Å². The minimum atomic E-state index is 0.458. The number of benzene rings is 1. The maximum Gasteiger partial charge on any atom is 0.184 e. The van der Waals surface area contributed by atoms with Crippen LogP contribution < -0.4 is 0 Å². The largest absolute Gasteiger partial charge is 0.223 e. The Hall–Kier alpha value is -0.0200. The first-order valence-electron chi connectivity index (χ1n) is 3.08. The molecule has 0 saturated heterocycles. The molecule has 1 aromatic heterocycles. The molecule has 0 saturated carbocycles. The zero-order valence-corrected chi connectivity index (χ0v) is 8.73. The van der Waals surface area contributed by atoms with Crippen LogP contribution in [0.25, 0.3) is 10.2 Å². The highest BCUT2D eigenvalue weighted by atomic mass is 35.5. The summed E-state index contributed by atoms with van der Waals surface area (Å²) in [6.07, 6.45) is 0. The van der Waals surface area contributed by atoms with Crippen molar-refractivity contribution in [3.63, 3.8) is 0 Å². The number of rotatable bonds is 0. The van der Waals surface area contributed by atoms with E-state index in [1.54, 1.807) is 12.1 Å². The van der Waals surface area contributed by atoms with E-state index in [1.165, 1.54) is 11.3 Å². The number of hydrogen-bond donors (Lipinski definition) is 0. The topological polar surface area (TPSA) is 12.9 Å². The summed E-state index contributed by atoms with van der Waals surface area (Å²) in [6.45, 7) is 0. The average molecular weight is 239 g/mol. The summed E-state index contributed by atoms with van der Waals surface area (Å²) < 4.78 is 1.30. The lowest BCUT2D eigenvalue weighted by Crippen LogP contribution is -1.70. The van der Waals surface area contributed by atoms with Gasteiger partial charge in [0.2, 0.25) is 0 Å². The molecule has 1 heterocycles. The van der Waals surface area contributed by atoms with Gasteiger partial charge in [-0.05, 0) is 12.1 Å². The molecule has 5 heteroatoms.